The van der Waals surface area contributed by atoms with Crippen molar-refractivity contribution >= 4 is 12.0 Å². The number of aryl methyl sites for hydroxylation is 1. The summed E-state index contributed by atoms with van der Waals surface area (Å²) in [6.45, 7) is 4.53. The van der Waals surface area contributed by atoms with Gasteiger partial charge in [-0.3, -0.25) is 14.4 Å². The number of carbonyl (C=O) groups is 1. The first-order valence-corrected chi connectivity index (χ1v) is 8.42. The molecule has 2 aromatic rings. The lowest BCUT2D eigenvalue weighted by molar-refractivity contribution is -0.127. The first kappa shape index (κ1) is 16.5. The Hall–Kier alpha value is -2.40. The third kappa shape index (κ3) is 4.55. The number of hydrogen-bond donors (Lipinski definition) is 0. The summed E-state index contributed by atoms with van der Waals surface area (Å²) in [7, 11) is 1.87. The van der Waals surface area contributed by atoms with Crippen LogP contribution >= 0.6 is 0 Å². The van der Waals surface area contributed by atoms with Crippen LogP contribution in [0, 0.1) is 0 Å². The van der Waals surface area contributed by atoms with Crippen molar-refractivity contribution in [3.63, 3.8) is 0 Å². The van der Waals surface area contributed by atoms with Crippen molar-refractivity contribution in [2.24, 2.45) is 7.05 Å². The standard InChI is InChI=1S/C19H24N4O/c1-21-16-18(15-20-21)7-8-19(24)23-13-11-22(12-14-23)10-9-17-5-3-2-4-6-17/h2-8,15-16H,9-14H2,1H3/b8-7-. The summed E-state index contributed by atoms with van der Waals surface area (Å²) in [6, 6.07) is 10.6. The fourth-order valence-corrected chi connectivity index (χ4v) is 2.92. The molecule has 3 rings (SSSR count). The molecule has 1 aliphatic rings. The molecule has 0 saturated carbocycles. The molecule has 126 valence electrons. The smallest absolute Gasteiger partial charge is 0.246 e. The highest BCUT2D eigenvalue weighted by Gasteiger charge is 2.19. The van der Waals surface area contributed by atoms with Crippen LogP contribution in [0.1, 0.15) is 11.1 Å². The predicted octanol–water partition coefficient (Wildman–Crippen LogP) is 1.82. The topological polar surface area (TPSA) is 41.4 Å². The molecule has 1 fully saturated rings. The SMILES string of the molecule is Cn1cc(/C=C\C(=O)N2CCN(CCc3ccccc3)CC2)cn1. The van der Waals surface area contributed by atoms with E-state index in [1.807, 2.05) is 30.3 Å². The van der Waals surface area contributed by atoms with Crippen molar-refractivity contribution in [2.45, 2.75) is 6.42 Å². The number of benzene rings is 1. The third-order valence-electron chi connectivity index (χ3n) is 4.39. The molecule has 5 nitrogen and oxygen atoms in total. The van der Waals surface area contributed by atoms with Gasteiger partial charge in [0, 0.05) is 57.6 Å². The summed E-state index contributed by atoms with van der Waals surface area (Å²) in [5.74, 6) is 0.0848. The molecular weight excluding hydrogens is 300 g/mol. The van der Waals surface area contributed by atoms with Crippen LogP contribution in [-0.4, -0.2) is 58.2 Å². The van der Waals surface area contributed by atoms with Gasteiger partial charge in [-0.2, -0.15) is 5.10 Å². The number of nitrogens with zero attached hydrogens (tertiary/aromatic N) is 4. The van der Waals surface area contributed by atoms with Crippen molar-refractivity contribution < 1.29 is 4.79 Å². The fourth-order valence-electron chi connectivity index (χ4n) is 2.92. The van der Waals surface area contributed by atoms with Gasteiger partial charge < -0.3 is 4.90 Å². The second-order valence-electron chi connectivity index (χ2n) is 6.18. The molecule has 0 aliphatic carbocycles. The zero-order valence-electron chi connectivity index (χ0n) is 14.1. The summed E-state index contributed by atoms with van der Waals surface area (Å²) in [5, 5.41) is 4.10. The number of aromatic nitrogens is 2. The van der Waals surface area contributed by atoms with Gasteiger partial charge in [-0.25, -0.2) is 0 Å². The van der Waals surface area contributed by atoms with Crippen LogP contribution in [-0.2, 0) is 18.3 Å². The van der Waals surface area contributed by atoms with Crippen molar-refractivity contribution in [3.05, 3.63) is 59.9 Å². The van der Waals surface area contributed by atoms with Crippen LogP contribution < -0.4 is 0 Å². The molecule has 0 spiro atoms. The van der Waals surface area contributed by atoms with Gasteiger partial charge in [0.15, 0.2) is 0 Å². The van der Waals surface area contributed by atoms with E-state index in [9.17, 15) is 4.79 Å². The van der Waals surface area contributed by atoms with E-state index in [0.717, 1.165) is 44.7 Å². The Bertz CT molecular complexity index is 684. The van der Waals surface area contributed by atoms with Crippen LogP contribution in [0.2, 0.25) is 0 Å². The van der Waals surface area contributed by atoms with Crippen LogP contribution in [0.4, 0.5) is 0 Å². The maximum atomic E-state index is 12.3. The van der Waals surface area contributed by atoms with Gasteiger partial charge in [0.1, 0.15) is 0 Å². The molecule has 0 bridgehead atoms. The average Bonchev–Trinajstić information content (AvgIpc) is 3.04. The van der Waals surface area contributed by atoms with E-state index in [0.29, 0.717) is 0 Å². The van der Waals surface area contributed by atoms with E-state index in [2.05, 4.69) is 34.3 Å². The summed E-state index contributed by atoms with van der Waals surface area (Å²) in [5.41, 5.74) is 2.32. The molecule has 2 heterocycles. The van der Waals surface area contributed by atoms with E-state index in [-0.39, 0.29) is 5.91 Å². The second kappa shape index (κ2) is 7.93. The number of piperazine rings is 1. The minimum atomic E-state index is 0.0848. The molecular formula is C19H24N4O. The van der Waals surface area contributed by atoms with Gasteiger partial charge in [0.2, 0.25) is 5.91 Å². The number of carbonyl (C=O) groups excluding carboxylic acids is 1. The summed E-state index contributed by atoms with van der Waals surface area (Å²) >= 11 is 0. The first-order chi connectivity index (χ1) is 11.7. The zero-order valence-corrected chi connectivity index (χ0v) is 14.1. The largest absolute Gasteiger partial charge is 0.337 e. The Morgan fingerprint density at radius 3 is 2.58 bits per heavy atom. The summed E-state index contributed by atoms with van der Waals surface area (Å²) < 4.78 is 1.73. The normalized spacial score (nSPS) is 16.0. The molecule has 1 saturated heterocycles. The number of amides is 1. The van der Waals surface area contributed by atoms with Crippen LogP contribution in [0.25, 0.3) is 6.08 Å². The van der Waals surface area contributed by atoms with Gasteiger partial charge in [0.25, 0.3) is 0 Å². The van der Waals surface area contributed by atoms with Gasteiger partial charge in [-0.05, 0) is 18.1 Å². The van der Waals surface area contributed by atoms with E-state index < -0.39 is 0 Å². The van der Waals surface area contributed by atoms with E-state index in [4.69, 9.17) is 0 Å². The minimum Gasteiger partial charge on any atom is -0.337 e. The highest BCUT2D eigenvalue weighted by Crippen LogP contribution is 2.07. The molecule has 0 unspecified atom stereocenters. The maximum absolute atomic E-state index is 12.3. The van der Waals surface area contributed by atoms with E-state index in [1.54, 1.807) is 17.0 Å². The summed E-state index contributed by atoms with van der Waals surface area (Å²) in [6.07, 6.45) is 8.19. The summed E-state index contributed by atoms with van der Waals surface area (Å²) in [4.78, 5) is 16.6. The predicted molar refractivity (Wildman–Crippen MR) is 95.4 cm³/mol. The molecule has 1 aromatic carbocycles. The van der Waals surface area contributed by atoms with E-state index in [1.165, 1.54) is 5.56 Å². The lowest BCUT2D eigenvalue weighted by atomic mass is 10.1. The Kier molecular flexibility index (Phi) is 5.43. The first-order valence-electron chi connectivity index (χ1n) is 8.42. The fraction of sp³-hybridized carbons (Fsp3) is 0.368. The Morgan fingerprint density at radius 1 is 1.17 bits per heavy atom. The monoisotopic (exact) mass is 324 g/mol. The molecule has 24 heavy (non-hydrogen) atoms. The van der Waals surface area contributed by atoms with Gasteiger partial charge in [-0.15, -0.1) is 0 Å². The zero-order chi connectivity index (χ0) is 16.8. The number of hydrogen-bond acceptors (Lipinski definition) is 3. The van der Waals surface area contributed by atoms with Crippen LogP contribution in [0.5, 0.6) is 0 Å². The van der Waals surface area contributed by atoms with Crippen molar-refractivity contribution in [2.75, 3.05) is 32.7 Å². The Labute approximate surface area is 143 Å². The van der Waals surface area contributed by atoms with Gasteiger partial charge in [0.05, 0.1) is 6.20 Å². The Morgan fingerprint density at radius 2 is 1.92 bits per heavy atom. The molecule has 1 aliphatic heterocycles. The molecule has 0 atom stereocenters. The van der Waals surface area contributed by atoms with Crippen molar-refractivity contribution in [1.29, 1.82) is 0 Å². The third-order valence-corrected chi connectivity index (χ3v) is 4.39. The lowest BCUT2D eigenvalue weighted by Crippen LogP contribution is -2.48. The molecule has 1 aromatic heterocycles. The van der Waals surface area contributed by atoms with Gasteiger partial charge >= 0.3 is 0 Å². The Balaban J connectivity index is 1.43. The van der Waals surface area contributed by atoms with Gasteiger partial charge in [-0.1, -0.05) is 30.3 Å². The van der Waals surface area contributed by atoms with Crippen molar-refractivity contribution in [3.8, 4) is 0 Å². The molecule has 0 N–H and O–H groups in total. The van der Waals surface area contributed by atoms with Crippen LogP contribution in [0.15, 0.2) is 48.8 Å². The minimum absolute atomic E-state index is 0.0848. The second-order valence-corrected chi connectivity index (χ2v) is 6.18. The molecule has 5 heteroatoms. The van der Waals surface area contributed by atoms with Crippen LogP contribution in [0.3, 0.4) is 0 Å². The highest BCUT2D eigenvalue weighted by molar-refractivity contribution is 5.91. The highest BCUT2D eigenvalue weighted by atomic mass is 16.2. The van der Waals surface area contributed by atoms with Crippen molar-refractivity contribution in [1.82, 2.24) is 19.6 Å². The maximum Gasteiger partial charge on any atom is 0.246 e. The lowest BCUT2D eigenvalue weighted by Gasteiger charge is -2.34. The van der Waals surface area contributed by atoms with E-state index >= 15 is 0 Å². The molecule has 1 amide bonds. The molecule has 0 radical (unpaired) electrons. The quantitative estimate of drug-likeness (QED) is 0.788. The number of rotatable bonds is 5. The average molecular weight is 324 g/mol.